The molecule has 0 aliphatic heterocycles. The van der Waals surface area contributed by atoms with E-state index >= 15 is 0 Å². The van der Waals surface area contributed by atoms with Crippen molar-refractivity contribution in [1.29, 1.82) is 0 Å². The lowest BCUT2D eigenvalue weighted by molar-refractivity contribution is -0.870. The molecule has 0 amide bonds. The van der Waals surface area contributed by atoms with E-state index in [1.54, 1.807) is 6.92 Å². The average Bonchev–Trinajstić information content (AvgIpc) is 3.28. The smallest absolute Gasteiger partial charge is 0.462 e. The van der Waals surface area contributed by atoms with Crippen LogP contribution in [-0.4, -0.2) is 76.6 Å². The van der Waals surface area contributed by atoms with Crippen molar-refractivity contribution in [2.45, 2.75) is 245 Å². The molecule has 2 atom stereocenters. The van der Waals surface area contributed by atoms with Crippen molar-refractivity contribution in [2.75, 3.05) is 54.1 Å². The Morgan fingerprint density at radius 2 is 0.818 bits per heavy atom. The van der Waals surface area contributed by atoms with Gasteiger partial charge in [0.15, 0.2) is 6.10 Å². The van der Waals surface area contributed by atoms with Crippen LogP contribution in [-0.2, 0) is 37.2 Å². The van der Waals surface area contributed by atoms with Gasteiger partial charge in [0.25, 0.3) is 0 Å². The molecule has 0 aromatic rings. The highest BCUT2D eigenvalue weighted by atomic mass is 31.2. The maximum atomic E-state index is 13.4. The predicted molar refractivity (Wildman–Crippen MR) is 274 cm³/mol. The highest BCUT2D eigenvalue weighted by molar-refractivity contribution is 7.48. The molecule has 0 aliphatic carbocycles. The van der Waals surface area contributed by atoms with Gasteiger partial charge >= 0.3 is 19.8 Å². The van der Waals surface area contributed by atoms with E-state index in [-0.39, 0.29) is 45.2 Å². The van der Waals surface area contributed by atoms with Gasteiger partial charge in [-0.25, -0.2) is 4.57 Å². The third-order valence-electron chi connectivity index (χ3n) is 11.1. The monoisotopic (exact) mass is 943 g/mol. The Balaban J connectivity index is 4.50. The Hall–Kier alpha value is -2.75. The molecular weight excluding hydrogens is 846 g/mol. The van der Waals surface area contributed by atoms with Gasteiger partial charge in [-0.1, -0.05) is 179 Å². The summed E-state index contributed by atoms with van der Waals surface area (Å²) >= 11 is 0. The van der Waals surface area contributed by atoms with E-state index < -0.39 is 19.9 Å². The molecule has 10 heteroatoms. The van der Waals surface area contributed by atoms with E-state index in [9.17, 15) is 14.2 Å². The Morgan fingerprint density at radius 1 is 0.455 bits per heavy atom. The second kappa shape index (κ2) is 47.3. The van der Waals surface area contributed by atoms with Crippen LogP contribution in [0.3, 0.4) is 0 Å². The van der Waals surface area contributed by atoms with Crippen LogP contribution < -0.4 is 0 Å². The van der Waals surface area contributed by atoms with Gasteiger partial charge in [-0.3, -0.25) is 23.2 Å². The summed E-state index contributed by atoms with van der Waals surface area (Å²) in [4.78, 5) is 25.6. The lowest BCUT2D eigenvalue weighted by Gasteiger charge is -2.25. The van der Waals surface area contributed by atoms with Crippen LogP contribution >= 0.6 is 7.82 Å². The number of carbonyl (C=O) groups is 2. The maximum absolute atomic E-state index is 13.4. The molecule has 0 aliphatic rings. The number of unbranched alkanes of at least 4 members (excludes halogenated alkanes) is 28. The number of rotatable bonds is 44. The highest BCUT2D eigenvalue weighted by Gasteiger charge is 2.30. The Labute approximate surface area is 406 Å². The van der Waals surface area contributed by atoms with Crippen molar-refractivity contribution >= 4 is 19.8 Å². The molecule has 0 fully saturated rings. The molecular formula is C56H97NO8P+. The Bertz CT molecular complexity index is 1480. The van der Waals surface area contributed by atoms with Gasteiger partial charge < -0.3 is 14.0 Å². The molecule has 378 valence electrons. The van der Waals surface area contributed by atoms with Gasteiger partial charge in [0.1, 0.15) is 19.8 Å². The first kappa shape index (κ1) is 63.2. The van der Waals surface area contributed by atoms with E-state index in [0.717, 1.165) is 103 Å². The second-order valence-electron chi connectivity index (χ2n) is 18.7. The minimum Gasteiger partial charge on any atom is -0.462 e. The zero-order chi connectivity index (χ0) is 48.5. The molecule has 9 nitrogen and oxygen atoms in total. The molecule has 0 spiro atoms. The number of esters is 2. The fourth-order valence-electron chi connectivity index (χ4n) is 6.99. The van der Waals surface area contributed by atoms with Crippen LogP contribution in [0.2, 0.25) is 0 Å². The fourth-order valence-corrected chi connectivity index (χ4v) is 8.18. The minimum atomic E-state index is -3.93. The number of nitrogens with zero attached hydrogens (tertiary/aromatic N) is 1. The number of hydrogen-bond donors (Lipinski definition) is 0. The summed E-state index contributed by atoms with van der Waals surface area (Å²) in [5, 5.41) is 0. The zero-order valence-corrected chi connectivity index (χ0v) is 44.2. The van der Waals surface area contributed by atoms with E-state index in [1.165, 1.54) is 96.3 Å². The summed E-state index contributed by atoms with van der Waals surface area (Å²) in [5.74, 6) is 24.0. The third kappa shape index (κ3) is 47.7. The average molecular weight is 943 g/mol. The number of quaternary nitrogens is 1. The van der Waals surface area contributed by atoms with Gasteiger partial charge in [-0.2, -0.15) is 0 Å². The number of hydrogen-bond acceptors (Lipinski definition) is 8. The van der Waals surface area contributed by atoms with Crippen molar-refractivity contribution in [3.63, 3.8) is 0 Å². The molecule has 0 heterocycles. The summed E-state index contributed by atoms with van der Waals surface area (Å²) in [5.41, 5.74) is 0. The van der Waals surface area contributed by atoms with E-state index in [2.05, 4.69) is 61.2 Å². The molecule has 0 rings (SSSR count). The number of carbonyl (C=O) groups excluding carboxylic acids is 2. The topological polar surface area (TPSA) is 97.4 Å². The van der Waals surface area contributed by atoms with Crippen molar-refractivity contribution in [3.05, 3.63) is 0 Å². The first-order chi connectivity index (χ1) is 32.0. The lowest BCUT2D eigenvalue weighted by Crippen LogP contribution is -2.37. The summed E-state index contributed by atoms with van der Waals surface area (Å²) < 4.78 is 41.8. The fraction of sp³-hybridized carbons (Fsp3) is 0.821. The van der Waals surface area contributed by atoms with E-state index in [1.807, 2.05) is 21.1 Å². The normalized spacial score (nSPS) is 12.3. The third-order valence-corrected chi connectivity index (χ3v) is 12.6. The van der Waals surface area contributed by atoms with Gasteiger partial charge in [0.2, 0.25) is 0 Å². The van der Waals surface area contributed by atoms with Gasteiger partial charge in [-0.05, 0) is 69.1 Å². The number of likely N-dealkylation sites (N-methyl/N-ethyl adjacent to an activating group) is 1. The summed E-state index contributed by atoms with van der Waals surface area (Å²) in [6.07, 6.45) is 35.9. The van der Waals surface area contributed by atoms with Gasteiger partial charge in [0.05, 0.1) is 34.4 Å². The summed E-state index contributed by atoms with van der Waals surface area (Å²) in [7, 11) is 2.08. The van der Waals surface area contributed by atoms with Crippen molar-refractivity contribution in [2.24, 2.45) is 0 Å². The molecule has 0 aromatic carbocycles. The van der Waals surface area contributed by atoms with Crippen LogP contribution in [0.1, 0.15) is 239 Å². The Morgan fingerprint density at radius 3 is 1.20 bits per heavy atom. The number of ether oxygens (including phenoxy) is 2. The van der Waals surface area contributed by atoms with Gasteiger partial charge in [0, 0.05) is 38.5 Å². The molecule has 0 saturated heterocycles. The number of phosphoric ester groups is 1. The summed E-state index contributed by atoms with van der Waals surface area (Å²) in [6.45, 7) is 6.59. The van der Waals surface area contributed by atoms with Crippen LogP contribution in [0.15, 0.2) is 0 Å². The maximum Gasteiger partial charge on any atom is 0.475 e. The molecule has 0 N–H and O–H groups in total. The van der Waals surface area contributed by atoms with E-state index in [4.69, 9.17) is 23.0 Å². The van der Waals surface area contributed by atoms with Crippen LogP contribution in [0.4, 0.5) is 0 Å². The molecule has 2 unspecified atom stereocenters. The molecule has 66 heavy (non-hydrogen) atoms. The van der Waals surface area contributed by atoms with Gasteiger partial charge in [-0.15, -0.1) is 0 Å². The van der Waals surface area contributed by atoms with Crippen LogP contribution in [0.5, 0.6) is 0 Å². The first-order valence-electron chi connectivity index (χ1n) is 26.7. The van der Waals surface area contributed by atoms with Crippen molar-refractivity contribution < 1.29 is 41.7 Å². The number of phosphoric acid groups is 1. The SMILES string of the molecule is CCCCCCCCCC#CC#CCCCCCCCCCC(=O)OCC(COP(=O)(OCC)OCC[N+](C)(C)C)OC(=O)CCCCCCCCC#CC#CCCCCCCCCCC. The minimum absolute atomic E-state index is 0.117. The highest BCUT2D eigenvalue weighted by Crippen LogP contribution is 2.49. The Kier molecular flexibility index (Phi) is 45.3. The zero-order valence-electron chi connectivity index (χ0n) is 43.3. The molecule has 0 saturated carbocycles. The van der Waals surface area contributed by atoms with Crippen molar-refractivity contribution in [3.8, 4) is 47.4 Å². The van der Waals surface area contributed by atoms with Crippen LogP contribution in [0, 0.1) is 47.4 Å². The largest absolute Gasteiger partial charge is 0.475 e. The molecule has 0 bridgehead atoms. The predicted octanol–water partition coefficient (Wildman–Crippen LogP) is 14.6. The molecule has 0 radical (unpaired) electrons. The second-order valence-corrected chi connectivity index (χ2v) is 20.4. The van der Waals surface area contributed by atoms with E-state index in [0.29, 0.717) is 17.4 Å². The molecule has 0 aromatic heterocycles. The quantitative estimate of drug-likeness (QED) is 0.0196. The van der Waals surface area contributed by atoms with Crippen LogP contribution in [0.25, 0.3) is 0 Å². The van der Waals surface area contributed by atoms with Crippen molar-refractivity contribution in [1.82, 2.24) is 0 Å². The standard InChI is InChI=1S/C56H97NO8P/c1-7-10-12-14-16-18-20-22-24-26-28-30-32-34-36-38-40-42-44-46-48-55(58)61-52-54(53-64-66(60,62-9-3)63-51-50-57(4,5)6)65-56(59)49-47-45-43-41-39-37-35-33-31-29-27-25-23-21-19-17-15-13-11-8-2/h54H,7-23,25,32,34-53H2,1-6H3/q+1. The lowest BCUT2D eigenvalue weighted by atomic mass is 10.1. The summed E-state index contributed by atoms with van der Waals surface area (Å²) in [6, 6.07) is 0. The first-order valence-corrected chi connectivity index (χ1v) is 28.1.